The number of nitrogens with two attached hydrogens (primary N) is 2. The molecule has 0 aliphatic heterocycles. The molecule has 0 bridgehead atoms. The van der Waals surface area contributed by atoms with Gasteiger partial charge < -0.3 is 11.5 Å². The molecular formula is C6H11N3. The van der Waals surface area contributed by atoms with Crippen molar-refractivity contribution in [1.29, 1.82) is 5.41 Å². The molecule has 9 heavy (non-hydrogen) atoms. The van der Waals surface area contributed by atoms with Gasteiger partial charge in [0.05, 0.1) is 0 Å². The third-order valence-electron chi connectivity index (χ3n) is 0.881. The molecule has 0 spiro atoms. The molecule has 50 valence electrons. The van der Waals surface area contributed by atoms with Gasteiger partial charge in [0.25, 0.3) is 0 Å². The second-order valence-electron chi connectivity index (χ2n) is 1.65. The molecular weight excluding hydrogens is 114 g/mol. The molecule has 0 aliphatic rings. The van der Waals surface area contributed by atoms with Gasteiger partial charge in [-0.15, -0.1) is 0 Å². The second-order valence-corrected chi connectivity index (χ2v) is 1.65. The number of nitrogens with one attached hydrogen (secondary N) is 1. The first-order chi connectivity index (χ1) is 4.18. The Kier molecular flexibility index (Phi) is 3.20. The van der Waals surface area contributed by atoms with Crippen molar-refractivity contribution in [3.63, 3.8) is 0 Å². The van der Waals surface area contributed by atoms with Crippen LogP contribution < -0.4 is 11.5 Å². The highest BCUT2D eigenvalue weighted by Gasteiger charge is 1.91. The van der Waals surface area contributed by atoms with Crippen LogP contribution in [0.4, 0.5) is 0 Å². The Bertz CT molecular complexity index is 146. The smallest absolute Gasteiger partial charge is 0.118 e. The third kappa shape index (κ3) is 3.34. The summed E-state index contributed by atoms with van der Waals surface area (Å²) >= 11 is 0. The summed E-state index contributed by atoms with van der Waals surface area (Å²) in [6, 6.07) is 0. The number of rotatable bonds is 3. The van der Waals surface area contributed by atoms with Gasteiger partial charge in [0.15, 0.2) is 0 Å². The largest absolute Gasteiger partial charge is 0.405 e. The summed E-state index contributed by atoms with van der Waals surface area (Å²) in [5.74, 6) is 0.0214. The predicted octanol–water partition coefficient (Wildman–Crippen LogP) is 0.341. The summed E-state index contributed by atoms with van der Waals surface area (Å²) in [6.07, 6.45) is 3.67. The Balaban J connectivity index is 3.65. The highest BCUT2D eigenvalue weighted by Crippen LogP contribution is 1.95. The van der Waals surface area contributed by atoms with Crippen LogP contribution in [0.15, 0.2) is 24.4 Å². The van der Waals surface area contributed by atoms with Gasteiger partial charge in [-0.05, 0) is 18.2 Å². The van der Waals surface area contributed by atoms with Crippen molar-refractivity contribution >= 4 is 5.84 Å². The van der Waals surface area contributed by atoms with Gasteiger partial charge in [0, 0.05) is 0 Å². The van der Waals surface area contributed by atoms with Crippen LogP contribution in [0, 0.1) is 5.41 Å². The number of hydrogen-bond acceptors (Lipinski definition) is 2. The molecule has 0 fully saturated rings. The van der Waals surface area contributed by atoms with Crippen molar-refractivity contribution in [2.75, 3.05) is 0 Å². The molecule has 0 saturated heterocycles. The molecule has 0 heterocycles. The molecule has 5 N–H and O–H groups in total. The normalized spacial score (nSPS) is 9.78. The van der Waals surface area contributed by atoms with Gasteiger partial charge >= 0.3 is 0 Å². The molecule has 0 rings (SSSR count). The lowest BCUT2D eigenvalue weighted by Crippen LogP contribution is -2.11. The van der Waals surface area contributed by atoms with E-state index in [4.69, 9.17) is 16.9 Å². The van der Waals surface area contributed by atoms with Crippen LogP contribution in [0.3, 0.4) is 0 Å². The minimum absolute atomic E-state index is 0.0214. The first-order valence-electron chi connectivity index (χ1n) is 2.57. The van der Waals surface area contributed by atoms with E-state index < -0.39 is 0 Å². The fourth-order valence-corrected chi connectivity index (χ4v) is 0.320. The summed E-state index contributed by atoms with van der Waals surface area (Å²) < 4.78 is 0. The van der Waals surface area contributed by atoms with Crippen LogP contribution in [0.25, 0.3) is 0 Å². The van der Waals surface area contributed by atoms with E-state index >= 15 is 0 Å². The highest BCUT2D eigenvalue weighted by molar-refractivity contribution is 5.93. The molecule has 0 amide bonds. The van der Waals surface area contributed by atoms with E-state index in [1.54, 1.807) is 6.08 Å². The van der Waals surface area contributed by atoms with Crippen molar-refractivity contribution in [2.45, 2.75) is 6.42 Å². The highest BCUT2D eigenvalue weighted by atomic mass is 14.7. The lowest BCUT2D eigenvalue weighted by molar-refractivity contribution is 1.27. The Labute approximate surface area is 54.5 Å². The maximum Gasteiger partial charge on any atom is 0.118 e. The Hall–Kier alpha value is -1.25. The van der Waals surface area contributed by atoms with Crippen molar-refractivity contribution in [1.82, 2.24) is 0 Å². The lowest BCUT2D eigenvalue weighted by atomic mass is 10.2. The van der Waals surface area contributed by atoms with Crippen LogP contribution in [-0.2, 0) is 0 Å². The fourth-order valence-electron chi connectivity index (χ4n) is 0.320. The van der Waals surface area contributed by atoms with Gasteiger partial charge in [-0.1, -0.05) is 12.7 Å². The van der Waals surface area contributed by atoms with E-state index in [1.165, 1.54) is 6.20 Å². The SMILES string of the molecule is C=C(CC=CN)C(=N)N. The van der Waals surface area contributed by atoms with Crippen molar-refractivity contribution in [3.05, 3.63) is 24.4 Å². The van der Waals surface area contributed by atoms with Crippen molar-refractivity contribution in [3.8, 4) is 0 Å². The first kappa shape index (κ1) is 7.75. The van der Waals surface area contributed by atoms with E-state index in [1.807, 2.05) is 0 Å². The van der Waals surface area contributed by atoms with E-state index in [0.717, 1.165) is 0 Å². The Morgan fingerprint density at radius 2 is 2.22 bits per heavy atom. The summed E-state index contributed by atoms with van der Waals surface area (Å²) in [5.41, 5.74) is 10.7. The number of allylic oxidation sites excluding steroid dienone is 1. The quantitative estimate of drug-likeness (QED) is 0.376. The van der Waals surface area contributed by atoms with Crippen molar-refractivity contribution < 1.29 is 0 Å². The molecule has 0 unspecified atom stereocenters. The monoisotopic (exact) mass is 125 g/mol. The summed E-state index contributed by atoms with van der Waals surface area (Å²) in [7, 11) is 0. The van der Waals surface area contributed by atoms with Crippen LogP contribution >= 0.6 is 0 Å². The molecule has 0 atom stereocenters. The molecule has 0 aromatic heterocycles. The molecule has 3 heteroatoms. The summed E-state index contributed by atoms with van der Waals surface area (Å²) in [5, 5.41) is 6.88. The number of amidine groups is 1. The van der Waals surface area contributed by atoms with Crippen LogP contribution in [0.1, 0.15) is 6.42 Å². The molecule has 0 aliphatic carbocycles. The second kappa shape index (κ2) is 3.72. The zero-order chi connectivity index (χ0) is 7.28. The van der Waals surface area contributed by atoms with E-state index in [-0.39, 0.29) is 5.84 Å². The van der Waals surface area contributed by atoms with Crippen LogP contribution in [-0.4, -0.2) is 5.84 Å². The minimum Gasteiger partial charge on any atom is -0.405 e. The number of hydrogen-bond donors (Lipinski definition) is 3. The van der Waals surface area contributed by atoms with Gasteiger partial charge in [0.2, 0.25) is 0 Å². The van der Waals surface area contributed by atoms with Gasteiger partial charge in [-0.25, -0.2) is 0 Å². The maximum absolute atomic E-state index is 6.88. The van der Waals surface area contributed by atoms with Crippen LogP contribution in [0.5, 0.6) is 0 Å². The van der Waals surface area contributed by atoms with E-state index in [0.29, 0.717) is 12.0 Å². The average Bonchev–Trinajstić information content (AvgIpc) is 1.82. The van der Waals surface area contributed by atoms with E-state index in [9.17, 15) is 0 Å². The fraction of sp³-hybridized carbons (Fsp3) is 0.167. The van der Waals surface area contributed by atoms with Crippen LogP contribution in [0.2, 0.25) is 0 Å². The lowest BCUT2D eigenvalue weighted by Gasteiger charge is -1.95. The molecule has 0 aromatic rings. The van der Waals surface area contributed by atoms with Gasteiger partial charge in [-0.3, -0.25) is 5.41 Å². The van der Waals surface area contributed by atoms with Gasteiger partial charge in [0.1, 0.15) is 5.84 Å². The van der Waals surface area contributed by atoms with Gasteiger partial charge in [-0.2, -0.15) is 0 Å². The zero-order valence-corrected chi connectivity index (χ0v) is 5.22. The predicted molar refractivity (Wildman–Crippen MR) is 39.0 cm³/mol. The van der Waals surface area contributed by atoms with Crippen molar-refractivity contribution in [2.24, 2.45) is 11.5 Å². The third-order valence-corrected chi connectivity index (χ3v) is 0.881. The standard InChI is InChI=1S/C6H11N3/c1-5(6(8)9)3-2-4-7/h2,4H,1,3,7H2,(H3,8,9). The summed E-state index contributed by atoms with van der Waals surface area (Å²) in [4.78, 5) is 0. The zero-order valence-electron chi connectivity index (χ0n) is 5.22. The molecule has 0 saturated carbocycles. The Morgan fingerprint density at radius 3 is 2.56 bits per heavy atom. The van der Waals surface area contributed by atoms with E-state index in [2.05, 4.69) is 6.58 Å². The molecule has 0 aromatic carbocycles. The maximum atomic E-state index is 6.88. The Morgan fingerprint density at radius 1 is 1.67 bits per heavy atom. The minimum atomic E-state index is 0.0214. The topological polar surface area (TPSA) is 75.9 Å². The first-order valence-corrected chi connectivity index (χ1v) is 2.57. The summed E-state index contributed by atoms with van der Waals surface area (Å²) in [6.45, 7) is 3.54. The molecule has 3 nitrogen and oxygen atoms in total. The molecule has 0 radical (unpaired) electrons. The average molecular weight is 125 g/mol.